The normalized spacial score (nSPS) is 16.3. The van der Waals surface area contributed by atoms with Gasteiger partial charge in [-0.2, -0.15) is 0 Å². The van der Waals surface area contributed by atoms with E-state index < -0.39 is 0 Å². The van der Waals surface area contributed by atoms with Crippen molar-refractivity contribution in [3.05, 3.63) is 33.4 Å². The van der Waals surface area contributed by atoms with E-state index in [1.807, 2.05) is 0 Å². The Morgan fingerprint density at radius 3 is 2.81 bits per heavy atom. The van der Waals surface area contributed by atoms with E-state index in [-0.39, 0.29) is 5.95 Å². The third-order valence-electron chi connectivity index (χ3n) is 4.57. The van der Waals surface area contributed by atoms with Crippen molar-refractivity contribution in [2.45, 2.75) is 13.1 Å². The lowest BCUT2D eigenvalue weighted by Crippen LogP contribution is -2.45. The van der Waals surface area contributed by atoms with E-state index in [2.05, 4.69) is 15.3 Å². The van der Waals surface area contributed by atoms with Crippen LogP contribution in [0.1, 0.15) is 11.3 Å². The van der Waals surface area contributed by atoms with E-state index in [9.17, 15) is 4.79 Å². The van der Waals surface area contributed by atoms with Gasteiger partial charge in [0.2, 0.25) is 12.4 Å². The Hall–Kier alpha value is -2.09. The van der Waals surface area contributed by atoms with Gasteiger partial charge in [-0.15, -0.1) is 0 Å². The molecule has 0 atom stereocenters. The molecule has 3 N–H and O–H groups in total. The molecule has 4 rings (SSSR count). The summed E-state index contributed by atoms with van der Waals surface area (Å²) in [5.74, 6) is 1.14. The van der Waals surface area contributed by atoms with Crippen LogP contribution in [0.2, 0.25) is 10.0 Å². The van der Waals surface area contributed by atoms with Crippen molar-refractivity contribution in [1.82, 2.24) is 20.2 Å². The third-order valence-corrected chi connectivity index (χ3v) is 5.09. The van der Waals surface area contributed by atoms with Gasteiger partial charge in [0.25, 0.3) is 0 Å². The highest BCUT2D eigenvalue weighted by Crippen LogP contribution is 2.42. The Labute approximate surface area is 160 Å². The summed E-state index contributed by atoms with van der Waals surface area (Å²) in [5, 5.41) is 4.11. The van der Waals surface area contributed by atoms with Crippen LogP contribution in [0.5, 0.6) is 5.75 Å². The van der Waals surface area contributed by atoms with Crippen molar-refractivity contribution in [1.29, 1.82) is 0 Å². The number of nitrogens with zero attached hydrogens (tertiary/aromatic N) is 3. The van der Waals surface area contributed by atoms with Crippen LogP contribution in [0, 0.1) is 5.92 Å². The summed E-state index contributed by atoms with van der Waals surface area (Å²) < 4.78 is 6.02. The number of carbonyl (C=O) groups excluding carboxylic acids is 1. The minimum Gasteiger partial charge on any atom is -0.492 e. The van der Waals surface area contributed by atoms with Crippen molar-refractivity contribution >= 4 is 35.6 Å². The molecule has 0 saturated carbocycles. The molecule has 1 fully saturated rings. The first kappa shape index (κ1) is 17.3. The number of benzene rings is 1. The van der Waals surface area contributed by atoms with Gasteiger partial charge in [-0.1, -0.05) is 23.2 Å². The van der Waals surface area contributed by atoms with E-state index in [0.717, 1.165) is 30.8 Å². The number of nitrogens with two attached hydrogens (primary N) is 1. The molecular weight excluding hydrogens is 377 g/mol. The lowest BCUT2D eigenvalue weighted by Gasteiger charge is -2.27. The number of carbonyl (C=O) groups is 1. The molecule has 136 valence electrons. The minimum absolute atomic E-state index is 0.131. The first-order valence-corrected chi connectivity index (χ1v) is 8.98. The van der Waals surface area contributed by atoms with Crippen molar-refractivity contribution in [2.24, 2.45) is 5.92 Å². The largest absolute Gasteiger partial charge is 0.492 e. The molecule has 7 nitrogen and oxygen atoms in total. The van der Waals surface area contributed by atoms with E-state index in [0.29, 0.717) is 52.7 Å². The Kier molecular flexibility index (Phi) is 4.60. The van der Waals surface area contributed by atoms with Gasteiger partial charge in [-0.3, -0.25) is 4.79 Å². The zero-order valence-electron chi connectivity index (χ0n) is 13.8. The molecule has 0 bridgehead atoms. The lowest BCUT2D eigenvalue weighted by atomic mass is 10.0. The van der Waals surface area contributed by atoms with Gasteiger partial charge in [-0.25, -0.2) is 9.97 Å². The Morgan fingerprint density at radius 2 is 2.12 bits per heavy atom. The molecule has 1 amide bonds. The van der Waals surface area contributed by atoms with Crippen LogP contribution in [0.25, 0.3) is 11.3 Å². The quantitative estimate of drug-likeness (QED) is 0.755. The second kappa shape index (κ2) is 6.90. The molecule has 1 aromatic carbocycles. The number of hydrogen-bond acceptors (Lipinski definition) is 6. The number of halogens is 2. The molecule has 1 saturated heterocycles. The number of nitrogens with one attached hydrogen (secondary N) is 1. The first-order valence-electron chi connectivity index (χ1n) is 8.22. The van der Waals surface area contributed by atoms with Crippen molar-refractivity contribution in [2.75, 3.05) is 25.4 Å². The average Bonchev–Trinajstić information content (AvgIpc) is 2.95. The maximum atomic E-state index is 11.2. The van der Waals surface area contributed by atoms with Crippen molar-refractivity contribution in [3.8, 4) is 17.0 Å². The zero-order chi connectivity index (χ0) is 18.3. The molecule has 0 spiro atoms. The molecular formula is C17H17Cl2N5O2. The summed E-state index contributed by atoms with van der Waals surface area (Å²) in [6.07, 6.45) is 0.784. The number of aromatic nitrogens is 2. The molecule has 3 heterocycles. The van der Waals surface area contributed by atoms with Crippen LogP contribution < -0.4 is 15.8 Å². The molecule has 0 radical (unpaired) electrons. The summed E-state index contributed by atoms with van der Waals surface area (Å²) in [6.45, 7) is 3.20. The van der Waals surface area contributed by atoms with E-state index in [1.54, 1.807) is 17.0 Å². The Morgan fingerprint density at radius 1 is 1.31 bits per heavy atom. The maximum absolute atomic E-state index is 11.2. The average molecular weight is 394 g/mol. The van der Waals surface area contributed by atoms with Gasteiger partial charge in [0.1, 0.15) is 5.75 Å². The number of fused-ring (bicyclic) bond motifs is 1. The molecule has 2 aromatic rings. The van der Waals surface area contributed by atoms with Crippen molar-refractivity contribution < 1.29 is 9.53 Å². The third kappa shape index (κ3) is 3.18. The van der Waals surface area contributed by atoms with Gasteiger partial charge in [-0.05, 0) is 12.1 Å². The number of ether oxygens (including phenoxy) is 1. The number of hydrogen-bond donors (Lipinski definition) is 2. The first-order chi connectivity index (χ1) is 12.5. The predicted octanol–water partition coefficient (Wildman–Crippen LogP) is 2.10. The Bertz CT molecular complexity index is 873. The zero-order valence-corrected chi connectivity index (χ0v) is 15.3. The molecule has 9 heteroatoms. The van der Waals surface area contributed by atoms with E-state index in [4.69, 9.17) is 33.7 Å². The van der Waals surface area contributed by atoms with E-state index >= 15 is 0 Å². The second-order valence-electron chi connectivity index (χ2n) is 6.46. The van der Waals surface area contributed by atoms with Crippen LogP contribution in [-0.2, 0) is 17.9 Å². The highest BCUT2D eigenvalue weighted by molar-refractivity contribution is 6.37. The highest BCUT2D eigenvalue weighted by atomic mass is 35.5. The summed E-state index contributed by atoms with van der Waals surface area (Å²) in [4.78, 5) is 21.4. The topological polar surface area (TPSA) is 93.4 Å². The monoisotopic (exact) mass is 393 g/mol. The van der Waals surface area contributed by atoms with Crippen LogP contribution >= 0.6 is 23.2 Å². The van der Waals surface area contributed by atoms with Crippen LogP contribution in [-0.4, -0.2) is 41.0 Å². The molecule has 2 aliphatic rings. The molecule has 1 aromatic heterocycles. The number of anilines is 1. The standard InChI is InChI=1S/C17H17Cl2N5O2/c18-10-1-12(19)15(14(2-10)26-7-9-3-21-4-9)16-11-5-24(8-25)6-13(11)22-17(20)23-16/h1-2,8-9,21H,3-7H2,(H2,20,22,23). The van der Waals surface area contributed by atoms with E-state index in [1.165, 1.54) is 0 Å². The summed E-state index contributed by atoms with van der Waals surface area (Å²) in [5.41, 5.74) is 8.65. The van der Waals surface area contributed by atoms with Gasteiger partial charge in [0.15, 0.2) is 0 Å². The smallest absolute Gasteiger partial charge is 0.220 e. The minimum atomic E-state index is 0.131. The second-order valence-corrected chi connectivity index (χ2v) is 7.31. The summed E-state index contributed by atoms with van der Waals surface area (Å²) >= 11 is 12.7. The fraction of sp³-hybridized carbons (Fsp3) is 0.353. The number of nitrogen functional groups attached to an aromatic ring is 1. The molecule has 26 heavy (non-hydrogen) atoms. The molecule has 2 aliphatic heterocycles. The fourth-order valence-corrected chi connectivity index (χ4v) is 3.71. The van der Waals surface area contributed by atoms with Gasteiger partial charge in [0, 0.05) is 36.1 Å². The summed E-state index contributed by atoms with van der Waals surface area (Å²) in [6, 6.07) is 3.37. The van der Waals surface area contributed by atoms with Crippen molar-refractivity contribution in [3.63, 3.8) is 0 Å². The van der Waals surface area contributed by atoms with Gasteiger partial charge in [0.05, 0.1) is 35.1 Å². The number of amides is 1. The number of rotatable bonds is 5. The highest BCUT2D eigenvalue weighted by Gasteiger charge is 2.28. The van der Waals surface area contributed by atoms with Crippen LogP contribution in [0.15, 0.2) is 12.1 Å². The van der Waals surface area contributed by atoms with Gasteiger partial charge < -0.3 is 20.7 Å². The maximum Gasteiger partial charge on any atom is 0.220 e. The lowest BCUT2D eigenvalue weighted by molar-refractivity contribution is -0.118. The fourth-order valence-electron chi connectivity index (χ4n) is 3.15. The summed E-state index contributed by atoms with van der Waals surface area (Å²) in [7, 11) is 0. The predicted molar refractivity (Wildman–Crippen MR) is 99.1 cm³/mol. The molecule has 0 aliphatic carbocycles. The van der Waals surface area contributed by atoms with Crippen LogP contribution in [0.4, 0.5) is 5.95 Å². The molecule has 0 unspecified atom stereocenters. The Balaban J connectivity index is 1.79. The van der Waals surface area contributed by atoms with Crippen LogP contribution in [0.3, 0.4) is 0 Å². The SMILES string of the molecule is Nc1nc2c(c(-c3c(Cl)cc(Cl)cc3OCC3CNC3)n1)CN(C=O)C2. The van der Waals surface area contributed by atoms with Gasteiger partial charge >= 0.3 is 0 Å².